The van der Waals surface area contributed by atoms with Crippen LogP contribution in [0.4, 0.5) is 34.1 Å². The highest BCUT2D eigenvalue weighted by Crippen LogP contribution is 2.52. The van der Waals surface area contributed by atoms with E-state index in [0.29, 0.717) is 11.8 Å². The first-order chi connectivity index (χ1) is 27.3. The summed E-state index contributed by atoms with van der Waals surface area (Å²) in [6.07, 6.45) is 9.72. The molecule has 7 aromatic carbocycles. The first-order valence-corrected chi connectivity index (χ1v) is 21.2. The zero-order valence-corrected chi connectivity index (χ0v) is 34.3. The molecule has 0 spiro atoms. The molecular weight excluding hydrogens is 677 g/mol. The molecule has 0 bridgehead atoms. The van der Waals surface area contributed by atoms with Crippen molar-refractivity contribution in [3.05, 3.63) is 166 Å². The number of nitrogens with zero attached hydrogens (tertiary/aromatic N) is 2. The molecule has 56 heavy (non-hydrogen) atoms. The second-order valence-electron chi connectivity index (χ2n) is 17.2. The SMILES string of the molecule is Cc1cc(N(c2ccc3c(c2)CCCC3)c2c3ccccc3c(N(c3ccc(C(C)C)c(C)c3)c3ccc4c(c3)CCCC4)c3ccccc23)ccc1C(C)C. The zero-order chi connectivity index (χ0) is 38.5. The molecule has 2 aliphatic rings. The molecule has 0 amide bonds. The Labute approximate surface area is 334 Å². The lowest BCUT2D eigenvalue weighted by molar-refractivity contribution is 0.685. The first kappa shape index (κ1) is 36.3. The van der Waals surface area contributed by atoms with Crippen molar-refractivity contribution < 1.29 is 0 Å². The molecule has 7 aromatic rings. The summed E-state index contributed by atoms with van der Waals surface area (Å²) in [5, 5.41) is 5.01. The average Bonchev–Trinajstić information content (AvgIpc) is 3.21. The number of fused-ring (bicyclic) bond motifs is 4. The van der Waals surface area contributed by atoms with E-state index in [-0.39, 0.29) is 0 Å². The standard InChI is InChI=1S/C54H56N2/c1-35(2)47-29-27-43(31-37(47)5)55(45-25-23-39-15-7-9-17-41(39)33-45)53-49-19-11-13-21-51(49)54(52-22-14-12-20-50(52)53)56(44-28-30-48(36(3)4)38(6)32-44)46-26-24-40-16-8-10-18-42(40)34-46/h11-14,19-36H,7-10,15-18H2,1-6H3. The summed E-state index contributed by atoms with van der Waals surface area (Å²) in [6.45, 7) is 13.8. The van der Waals surface area contributed by atoms with Gasteiger partial charge < -0.3 is 9.80 Å². The molecule has 0 unspecified atom stereocenters. The van der Waals surface area contributed by atoms with E-state index >= 15 is 0 Å². The molecule has 2 heteroatoms. The van der Waals surface area contributed by atoms with Crippen molar-refractivity contribution in [3.8, 4) is 0 Å². The van der Waals surface area contributed by atoms with Crippen LogP contribution in [0, 0.1) is 13.8 Å². The number of anilines is 6. The van der Waals surface area contributed by atoms with E-state index in [1.807, 2.05) is 0 Å². The van der Waals surface area contributed by atoms with Gasteiger partial charge in [-0.15, -0.1) is 0 Å². The fraction of sp³-hybridized carbons (Fsp3) is 0.296. The van der Waals surface area contributed by atoms with Crippen LogP contribution in [0.2, 0.25) is 0 Å². The normalized spacial score (nSPS) is 14.0. The second kappa shape index (κ2) is 15.0. The smallest absolute Gasteiger partial charge is 0.0619 e. The lowest BCUT2D eigenvalue weighted by atomic mass is 9.90. The van der Waals surface area contributed by atoms with Crippen molar-refractivity contribution in [2.75, 3.05) is 9.80 Å². The van der Waals surface area contributed by atoms with Crippen LogP contribution >= 0.6 is 0 Å². The Bertz CT molecular complexity index is 2350. The molecule has 0 N–H and O–H groups in total. The fourth-order valence-electron chi connectivity index (χ4n) is 9.99. The van der Waals surface area contributed by atoms with Crippen molar-refractivity contribution in [2.45, 2.75) is 105 Å². The Hall–Kier alpha value is -5.34. The van der Waals surface area contributed by atoms with E-state index in [4.69, 9.17) is 0 Å². The van der Waals surface area contributed by atoms with Gasteiger partial charge in [0.1, 0.15) is 0 Å². The van der Waals surface area contributed by atoms with Crippen molar-refractivity contribution >= 4 is 55.7 Å². The Morgan fingerprint density at radius 1 is 0.375 bits per heavy atom. The molecule has 9 rings (SSSR count). The van der Waals surface area contributed by atoms with Crippen LogP contribution in [0.3, 0.4) is 0 Å². The lowest BCUT2D eigenvalue weighted by Gasteiger charge is -2.34. The van der Waals surface area contributed by atoms with E-state index < -0.39 is 0 Å². The van der Waals surface area contributed by atoms with Crippen LogP contribution in [0.25, 0.3) is 21.5 Å². The largest absolute Gasteiger partial charge is 0.309 e. The second-order valence-corrected chi connectivity index (χ2v) is 17.2. The summed E-state index contributed by atoms with van der Waals surface area (Å²) in [6, 6.07) is 47.2. The monoisotopic (exact) mass is 732 g/mol. The van der Waals surface area contributed by atoms with E-state index in [9.17, 15) is 0 Å². The van der Waals surface area contributed by atoms with Gasteiger partial charge in [0.2, 0.25) is 0 Å². The van der Waals surface area contributed by atoms with Crippen LogP contribution in [0.1, 0.15) is 110 Å². The highest BCUT2D eigenvalue weighted by atomic mass is 15.2. The number of benzene rings is 7. The van der Waals surface area contributed by atoms with Gasteiger partial charge in [0.05, 0.1) is 11.4 Å². The predicted octanol–water partition coefficient (Wildman–Crippen LogP) is 15.6. The molecule has 0 saturated heterocycles. The molecule has 2 nitrogen and oxygen atoms in total. The first-order valence-electron chi connectivity index (χ1n) is 21.2. The minimum atomic E-state index is 0.468. The molecule has 282 valence electrons. The highest BCUT2D eigenvalue weighted by Gasteiger charge is 2.27. The summed E-state index contributed by atoms with van der Waals surface area (Å²) in [5.74, 6) is 0.935. The van der Waals surface area contributed by atoms with Crippen molar-refractivity contribution in [1.29, 1.82) is 0 Å². The van der Waals surface area contributed by atoms with Gasteiger partial charge >= 0.3 is 0 Å². The van der Waals surface area contributed by atoms with Crippen LogP contribution in [-0.2, 0) is 25.7 Å². The van der Waals surface area contributed by atoms with Crippen LogP contribution in [-0.4, -0.2) is 0 Å². The molecule has 0 aliphatic heterocycles. The molecule has 2 aliphatic carbocycles. The minimum absolute atomic E-state index is 0.468. The lowest BCUT2D eigenvalue weighted by Crippen LogP contribution is -2.16. The van der Waals surface area contributed by atoms with Crippen LogP contribution < -0.4 is 9.80 Å². The van der Waals surface area contributed by atoms with Gasteiger partial charge in [-0.1, -0.05) is 100 Å². The third-order valence-corrected chi connectivity index (χ3v) is 12.8. The van der Waals surface area contributed by atoms with Crippen LogP contribution in [0.5, 0.6) is 0 Å². The molecule has 0 atom stereocenters. The van der Waals surface area contributed by atoms with Gasteiger partial charge in [0.15, 0.2) is 0 Å². The summed E-state index contributed by atoms with van der Waals surface area (Å²) in [5.41, 5.74) is 18.9. The van der Waals surface area contributed by atoms with Gasteiger partial charge in [-0.25, -0.2) is 0 Å². The number of rotatable bonds is 8. The topological polar surface area (TPSA) is 6.48 Å². The van der Waals surface area contributed by atoms with E-state index in [2.05, 4.69) is 173 Å². The third kappa shape index (κ3) is 6.47. The molecule has 0 radical (unpaired) electrons. The molecule has 0 saturated carbocycles. The maximum atomic E-state index is 2.57. The maximum absolute atomic E-state index is 2.57. The highest BCUT2D eigenvalue weighted by molar-refractivity contribution is 6.23. The quantitative estimate of drug-likeness (QED) is 0.113. The summed E-state index contributed by atoms with van der Waals surface area (Å²) in [4.78, 5) is 5.15. The molecular formula is C54H56N2. The number of aryl methyl sites for hydroxylation is 6. The Morgan fingerprint density at radius 2 is 0.696 bits per heavy atom. The van der Waals surface area contributed by atoms with E-state index in [1.54, 1.807) is 0 Å². The zero-order valence-electron chi connectivity index (χ0n) is 34.3. The van der Waals surface area contributed by atoms with E-state index in [0.717, 1.165) is 12.8 Å². The van der Waals surface area contributed by atoms with Crippen molar-refractivity contribution in [1.82, 2.24) is 0 Å². The van der Waals surface area contributed by atoms with Gasteiger partial charge in [-0.05, 0) is 170 Å². The van der Waals surface area contributed by atoms with Gasteiger partial charge in [-0.3, -0.25) is 0 Å². The minimum Gasteiger partial charge on any atom is -0.309 e. The fourth-order valence-corrected chi connectivity index (χ4v) is 9.99. The summed E-state index contributed by atoms with van der Waals surface area (Å²) in [7, 11) is 0. The van der Waals surface area contributed by atoms with E-state index in [1.165, 1.54) is 139 Å². The van der Waals surface area contributed by atoms with Gasteiger partial charge in [-0.2, -0.15) is 0 Å². The average molecular weight is 733 g/mol. The van der Waals surface area contributed by atoms with Crippen molar-refractivity contribution in [3.63, 3.8) is 0 Å². The molecule has 0 heterocycles. The Kier molecular flexibility index (Phi) is 9.70. The number of hydrogen-bond donors (Lipinski definition) is 0. The summed E-state index contributed by atoms with van der Waals surface area (Å²) >= 11 is 0. The molecule has 0 fully saturated rings. The Morgan fingerprint density at radius 3 is 1.04 bits per heavy atom. The predicted molar refractivity (Wildman–Crippen MR) is 242 cm³/mol. The maximum Gasteiger partial charge on any atom is 0.0619 e. The number of hydrogen-bond acceptors (Lipinski definition) is 2. The third-order valence-electron chi connectivity index (χ3n) is 12.8. The van der Waals surface area contributed by atoms with Crippen LogP contribution in [0.15, 0.2) is 121 Å². The summed E-state index contributed by atoms with van der Waals surface area (Å²) < 4.78 is 0. The van der Waals surface area contributed by atoms with Gasteiger partial charge in [0, 0.05) is 44.3 Å². The molecule has 0 aromatic heterocycles. The Balaban J connectivity index is 1.36. The van der Waals surface area contributed by atoms with Crippen molar-refractivity contribution in [2.24, 2.45) is 0 Å². The van der Waals surface area contributed by atoms with Gasteiger partial charge in [0.25, 0.3) is 0 Å².